The summed E-state index contributed by atoms with van der Waals surface area (Å²) in [4.78, 5) is 22.2. The van der Waals surface area contributed by atoms with Gasteiger partial charge in [-0.1, -0.05) is 6.07 Å². The first-order valence-corrected chi connectivity index (χ1v) is 6.60. The fraction of sp³-hybridized carbons (Fsp3) is 0.417. The minimum atomic E-state index is -0.545. The van der Waals surface area contributed by atoms with E-state index >= 15 is 0 Å². The summed E-state index contributed by atoms with van der Waals surface area (Å²) in [6, 6.07) is 4.32. The Morgan fingerprint density at radius 2 is 2.21 bits per heavy atom. The zero-order chi connectivity index (χ0) is 14.0. The Morgan fingerprint density at radius 3 is 2.74 bits per heavy atom. The third-order valence-corrected chi connectivity index (χ3v) is 4.17. The van der Waals surface area contributed by atoms with Gasteiger partial charge in [-0.2, -0.15) is 0 Å². The Balaban J connectivity index is 2.11. The van der Waals surface area contributed by atoms with Crippen molar-refractivity contribution in [3.05, 3.63) is 38.3 Å². The van der Waals surface area contributed by atoms with Gasteiger partial charge in [0.1, 0.15) is 4.47 Å². The Kier molecular flexibility index (Phi) is 3.86. The number of hydrogen-bond acceptors (Lipinski definition) is 4. The van der Waals surface area contributed by atoms with E-state index in [4.69, 9.17) is 5.11 Å². The van der Waals surface area contributed by atoms with Crippen molar-refractivity contribution >= 4 is 27.5 Å². The van der Waals surface area contributed by atoms with Crippen LogP contribution < -0.4 is 5.32 Å². The molecule has 0 spiro atoms. The van der Waals surface area contributed by atoms with E-state index in [1.807, 2.05) is 0 Å². The van der Waals surface area contributed by atoms with Crippen LogP contribution in [0.1, 0.15) is 23.2 Å². The number of nitro groups is 1. The molecule has 1 aliphatic rings. The second-order valence-electron chi connectivity index (χ2n) is 4.74. The van der Waals surface area contributed by atoms with Gasteiger partial charge in [0.25, 0.3) is 11.6 Å². The van der Waals surface area contributed by atoms with E-state index in [2.05, 4.69) is 21.2 Å². The maximum Gasteiger partial charge on any atom is 0.284 e. The van der Waals surface area contributed by atoms with Crippen LogP contribution in [0.4, 0.5) is 5.69 Å². The number of hydrogen-bond donors (Lipinski definition) is 2. The molecule has 7 heteroatoms. The van der Waals surface area contributed by atoms with Crippen molar-refractivity contribution in [2.24, 2.45) is 5.41 Å². The highest BCUT2D eigenvalue weighted by Gasteiger charge is 2.42. The standard InChI is InChI=1S/C12H13BrN2O4/c13-10-8(2-1-3-9(10)15(18)19)11(17)14-6-12(7-16)4-5-12/h1-3,16H,4-7H2,(H,14,17). The van der Waals surface area contributed by atoms with Gasteiger partial charge in [-0.05, 0) is 34.8 Å². The molecule has 0 radical (unpaired) electrons. The smallest absolute Gasteiger partial charge is 0.284 e. The van der Waals surface area contributed by atoms with Crippen molar-refractivity contribution < 1.29 is 14.8 Å². The van der Waals surface area contributed by atoms with Gasteiger partial charge in [0.15, 0.2) is 0 Å². The van der Waals surface area contributed by atoms with E-state index in [1.165, 1.54) is 18.2 Å². The molecule has 0 atom stereocenters. The van der Waals surface area contributed by atoms with Gasteiger partial charge in [-0.3, -0.25) is 14.9 Å². The van der Waals surface area contributed by atoms with Crippen molar-refractivity contribution in [3.63, 3.8) is 0 Å². The van der Waals surface area contributed by atoms with Crippen LogP contribution in [0.15, 0.2) is 22.7 Å². The van der Waals surface area contributed by atoms with E-state index in [-0.39, 0.29) is 33.7 Å². The minimum Gasteiger partial charge on any atom is -0.396 e. The summed E-state index contributed by atoms with van der Waals surface area (Å²) in [6.07, 6.45) is 1.78. The van der Waals surface area contributed by atoms with Crippen LogP contribution in [0.5, 0.6) is 0 Å². The third-order valence-electron chi connectivity index (χ3n) is 3.34. The second-order valence-corrected chi connectivity index (χ2v) is 5.53. The summed E-state index contributed by atoms with van der Waals surface area (Å²) in [5.41, 5.74) is -0.109. The number of aliphatic hydroxyl groups is 1. The quantitative estimate of drug-likeness (QED) is 0.637. The first-order chi connectivity index (χ1) is 8.99. The lowest BCUT2D eigenvalue weighted by Gasteiger charge is -2.13. The molecule has 2 rings (SSSR count). The average Bonchev–Trinajstić information content (AvgIpc) is 3.16. The first kappa shape index (κ1) is 14.0. The maximum absolute atomic E-state index is 12.0. The normalized spacial score (nSPS) is 15.9. The summed E-state index contributed by atoms with van der Waals surface area (Å²) >= 11 is 3.08. The molecule has 1 fully saturated rings. The number of nitrogens with zero attached hydrogens (tertiary/aromatic N) is 1. The number of carbonyl (C=O) groups excluding carboxylic acids is 1. The number of rotatable bonds is 5. The van der Waals surface area contributed by atoms with Crippen LogP contribution in [0.2, 0.25) is 0 Å². The van der Waals surface area contributed by atoms with Crippen molar-refractivity contribution in [3.8, 4) is 0 Å². The molecule has 1 saturated carbocycles. The number of aliphatic hydroxyl groups excluding tert-OH is 1. The van der Waals surface area contributed by atoms with Crippen molar-refractivity contribution in [1.29, 1.82) is 0 Å². The molecule has 0 aliphatic heterocycles. The molecule has 0 aromatic heterocycles. The molecule has 1 aliphatic carbocycles. The molecular weight excluding hydrogens is 316 g/mol. The lowest BCUT2D eigenvalue weighted by atomic mass is 10.1. The summed E-state index contributed by atoms with van der Waals surface area (Å²) in [7, 11) is 0. The van der Waals surface area contributed by atoms with E-state index in [1.54, 1.807) is 0 Å². The van der Waals surface area contributed by atoms with Crippen LogP contribution in [0.3, 0.4) is 0 Å². The van der Waals surface area contributed by atoms with Crippen LogP contribution in [-0.4, -0.2) is 29.1 Å². The number of nitrogens with one attached hydrogen (secondary N) is 1. The highest BCUT2D eigenvalue weighted by Crippen LogP contribution is 2.44. The predicted octanol–water partition coefficient (Wildman–Crippen LogP) is 1.86. The van der Waals surface area contributed by atoms with Gasteiger partial charge in [-0.25, -0.2) is 0 Å². The van der Waals surface area contributed by atoms with Crippen LogP contribution >= 0.6 is 15.9 Å². The SMILES string of the molecule is O=C(NCC1(CO)CC1)c1cccc([N+](=O)[O-])c1Br. The van der Waals surface area contributed by atoms with Crippen molar-refractivity contribution in [2.75, 3.05) is 13.2 Å². The molecule has 19 heavy (non-hydrogen) atoms. The highest BCUT2D eigenvalue weighted by atomic mass is 79.9. The van der Waals surface area contributed by atoms with Gasteiger partial charge in [0, 0.05) is 18.0 Å². The van der Waals surface area contributed by atoms with E-state index in [0.29, 0.717) is 6.54 Å². The molecule has 0 heterocycles. The molecule has 102 valence electrons. The average molecular weight is 329 g/mol. The molecule has 0 bridgehead atoms. The number of nitro benzene ring substituents is 1. The van der Waals surface area contributed by atoms with Crippen LogP contribution in [0, 0.1) is 15.5 Å². The second kappa shape index (κ2) is 5.26. The summed E-state index contributed by atoms with van der Waals surface area (Å²) in [6.45, 7) is 0.431. The Labute approximate surface area is 118 Å². The van der Waals surface area contributed by atoms with Gasteiger partial charge in [-0.15, -0.1) is 0 Å². The van der Waals surface area contributed by atoms with Crippen LogP contribution in [-0.2, 0) is 0 Å². The molecule has 1 aromatic rings. The van der Waals surface area contributed by atoms with E-state index < -0.39 is 4.92 Å². The zero-order valence-corrected chi connectivity index (χ0v) is 11.6. The maximum atomic E-state index is 12.0. The van der Waals surface area contributed by atoms with E-state index in [9.17, 15) is 14.9 Å². The molecule has 1 amide bonds. The highest BCUT2D eigenvalue weighted by molar-refractivity contribution is 9.10. The number of amides is 1. The summed E-state index contributed by atoms with van der Waals surface area (Å²) in [5, 5.41) is 22.7. The number of benzene rings is 1. The third kappa shape index (κ3) is 2.93. The largest absolute Gasteiger partial charge is 0.396 e. The zero-order valence-electron chi connectivity index (χ0n) is 10.1. The molecule has 6 nitrogen and oxygen atoms in total. The lowest BCUT2D eigenvalue weighted by molar-refractivity contribution is -0.385. The van der Waals surface area contributed by atoms with Gasteiger partial charge >= 0.3 is 0 Å². The molecule has 1 aromatic carbocycles. The Bertz CT molecular complexity index is 528. The summed E-state index contributed by atoms with van der Waals surface area (Å²) < 4.78 is 0.173. The predicted molar refractivity (Wildman–Crippen MR) is 71.9 cm³/mol. The van der Waals surface area contributed by atoms with Crippen molar-refractivity contribution in [1.82, 2.24) is 5.32 Å². The number of halogens is 1. The van der Waals surface area contributed by atoms with Crippen LogP contribution in [0.25, 0.3) is 0 Å². The fourth-order valence-electron chi connectivity index (χ4n) is 1.77. The molecular formula is C12H13BrN2O4. The minimum absolute atomic E-state index is 0.0450. The first-order valence-electron chi connectivity index (χ1n) is 5.81. The molecule has 0 saturated heterocycles. The van der Waals surface area contributed by atoms with Gasteiger partial charge < -0.3 is 10.4 Å². The molecule has 2 N–H and O–H groups in total. The molecule has 0 unspecified atom stereocenters. The van der Waals surface area contributed by atoms with Gasteiger partial charge in [0.2, 0.25) is 0 Å². The topological polar surface area (TPSA) is 92.5 Å². The Hall–Kier alpha value is -1.47. The number of carbonyl (C=O) groups is 1. The van der Waals surface area contributed by atoms with Gasteiger partial charge in [0.05, 0.1) is 17.1 Å². The Morgan fingerprint density at radius 1 is 1.53 bits per heavy atom. The van der Waals surface area contributed by atoms with Crippen molar-refractivity contribution in [2.45, 2.75) is 12.8 Å². The summed E-state index contributed by atoms with van der Waals surface area (Å²) in [5.74, 6) is -0.379. The fourth-order valence-corrected chi connectivity index (χ4v) is 2.36. The lowest BCUT2D eigenvalue weighted by Crippen LogP contribution is -2.32. The van der Waals surface area contributed by atoms with E-state index in [0.717, 1.165) is 12.8 Å². The monoisotopic (exact) mass is 328 g/mol.